The number of nitrogens with two attached hydrogens (primary N) is 1. The van der Waals surface area contributed by atoms with Crippen molar-refractivity contribution in [1.29, 1.82) is 0 Å². The summed E-state index contributed by atoms with van der Waals surface area (Å²) in [4.78, 5) is 2.37. The summed E-state index contributed by atoms with van der Waals surface area (Å²) in [5.74, 6) is 0. The van der Waals surface area contributed by atoms with Gasteiger partial charge in [0.05, 0.1) is 12.0 Å². The highest BCUT2D eigenvalue weighted by Crippen LogP contribution is 2.29. The van der Waals surface area contributed by atoms with Crippen molar-refractivity contribution < 1.29 is 4.42 Å². The molecule has 1 aromatic heterocycles. The molecule has 1 fully saturated rings. The fourth-order valence-electron chi connectivity index (χ4n) is 2.37. The second kappa shape index (κ2) is 3.83. The highest BCUT2D eigenvalue weighted by atomic mass is 16.3. The maximum absolute atomic E-state index is 5.92. The van der Waals surface area contributed by atoms with E-state index in [-0.39, 0.29) is 0 Å². The summed E-state index contributed by atoms with van der Waals surface area (Å²) in [7, 11) is 0. The number of anilines is 1. The number of hydrogen-bond donors (Lipinski definition) is 1. The Balaban J connectivity index is 1.96. The molecule has 0 bridgehead atoms. The van der Waals surface area contributed by atoms with E-state index in [0.29, 0.717) is 6.04 Å². The molecule has 0 radical (unpaired) electrons. The van der Waals surface area contributed by atoms with Crippen LogP contribution >= 0.6 is 0 Å². The smallest absolute Gasteiger partial charge is 0.157 e. The minimum Gasteiger partial charge on any atom is -0.462 e. The zero-order valence-corrected chi connectivity index (χ0v) is 9.23. The fourth-order valence-corrected chi connectivity index (χ4v) is 2.37. The summed E-state index contributed by atoms with van der Waals surface area (Å²) in [5.41, 5.74) is 8.12. The maximum Gasteiger partial charge on any atom is 0.157 e. The Morgan fingerprint density at radius 2 is 2.00 bits per heavy atom. The molecular formula is C13H16N2O. The Kier molecular flexibility index (Phi) is 2.33. The SMILES string of the molecule is NC1CCN(c2cccc3ccoc23)CC1. The molecule has 0 atom stereocenters. The normalized spacial score (nSPS) is 18.2. The van der Waals surface area contributed by atoms with Gasteiger partial charge in [-0.1, -0.05) is 12.1 Å². The Hall–Kier alpha value is -1.48. The summed E-state index contributed by atoms with van der Waals surface area (Å²) in [6.07, 6.45) is 3.89. The van der Waals surface area contributed by atoms with Crippen LogP contribution in [0, 0.1) is 0 Å². The van der Waals surface area contributed by atoms with Crippen LogP contribution in [0.25, 0.3) is 11.0 Å². The topological polar surface area (TPSA) is 42.4 Å². The van der Waals surface area contributed by atoms with Gasteiger partial charge in [-0.25, -0.2) is 0 Å². The third-order valence-electron chi connectivity index (χ3n) is 3.34. The first-order chi connectivity index (χ1) is 7.84. The highest BCUT2D eigenvalue weighted by Gasteiger charge is 2.18. The summed E-state index contributed by atoms with van der Waals surface area (Å²) < 4.78 is 5.56. The standard InChI is InChI=1S/C13H16N2O/c14-11-4-7-15(8-5-11)12-3-1-2-10-6-9-16-13(10)12/h1-3,6,9,11H,4-5,7-8,14H2. The van der Waals surface area contributed by atoms with E-state index in [1.165, 1.54) is 11.1 Å². The van der Waals surface area contributed by atoms with Crippen molar-refractivity contribution in [2.45, 2.75) is 18.9 Å². The van der Waals surface area contributed by atoms with E-state index in [0.717, 1.165) is 31.5 Å². The van der Waals surface area contributed by atoms with Gasteiger partial charge in [0, 0.05) is 24.5 Å². The lowest BCUT2D eigenvalue weighted by Gasteiger charge is -2.31. The average Bonchev–Trinajstić information content (AvgIpc) is 2.78. The van der Waals surface area contributed by atoms with Gasteiger partial charge in [0.15, 0.2) is 5.58 Å². The number of furan rings is 1. The number of rotatable bonds is 1. The number of hydrogen-bond acceptors (Lipinski definition) is 3. The van der Waals surface area contributed by atoms with Gasteiger partial charge in [-0.15, -0.1) is 0 Å². The molecular weight excluding hydrogens is 200 g/mol. The van der Waals surface area contributed by atoms with E-state index in [1.807, 2.05) is 6.07 Å². The Morgan fingerprint density at radius 3 is 2.81 bits per heavy atom. The first-order valence-corrected chi connectivity index (χ1v) is 5.81. The van der Waals surface area contributed by atoms with Gasteiger partial charge < -0.3 is 15.1 Å². The third kappa shape index (κ3) is 1.57. The molecule has 0 spiro atoms. The third-order valence-corrected chi connectivity index (χ3v) is 3.34. The molecule has 3 heteroatoms. The number of fused-ring (bicyclic) bond motifs is 1. The molecule has 3 rings (SSSR count). The summed E-state index contributed by atoms with van der Waals surface area (Å²) in [6, 6.07) is 8.67. The first-order valence-electron chi connectivity index (χ1n) is 5.81. The zero-order valence-electron chi connectivity index (χ0n) is 9.23. The molecule has 0 amide bonds. The minimum atomic E-state index is 0.368. The molecule has 2 heterocycles. The largest absolute Gasteiger partial charge is 0.462 e. The molecule has 1 saturated heterocycles. The maximum atomic E-state index is 5.92. The van der Waals surface area contributed by atoms with E-state index < -0.39 is 0 Å². The minimum absolute atomic E-state index is 0.368. The summed E-state index contributed by atoms with van der Waals surface area (Å²) in [5, 5.41) is 1.17. The van der Waals surface area contributed by atoms with Crippen molar-refractivity contribution in [1.82, 2.24) is 0 Å². The number of nitrogens with zero attached hydrogens (tertiary/aromatic N) is 1. The average molecular weight is 216 g/mol. The molecule has 1 aliphatic heterocycles. The Morgan fingerprint density at radius 1 is 1.19 bits per heavy atom. The van der Waals surface area contributed by atoms with Crippen molar-refractivity contribution >= 4 is 16.7 Å². The van der Waals surface area contributed by atoms with Crippen LogP contribution in [0.5, 0.6) is 0 Å². The van der Waals surface area contributed by atoms with Crippen molar-refractivity contribution in [3.05, 3.63) is 30.5 Å². The van der Waals surface area contributed by atoms with Gasteiger partial charge in [-0.05, 0) is 25.0 Å². The molecule has 2 N–H and O–H groups in total. The van der Waals surface area contributed by atoms with Gasteiger partial charge in [0.1, 0.15) is 0 Å². The number of para-hydroxylation sites is 1. The predicted molar refractivity (Wildman–Crippen MR) is 65.6 cm³/mol. The molecule has 0 saturated carbocycles. The molecule has 1 aromatic carbocycles. The van der Waals surface area contributed by atoms with Crippen LogP contribution in [0.15, 0.2) is 34.9 Å². The van der Waals surface area contributed by atoms with E-state index in [9.17, 15) is 0 Å². The van der Waals surface area contributed by atoms with Crippen LogP contribution in [-0.2, 0) is 0 Å². The molecule has 0 aliphatic carbocycles. The van der Waals surface area contributed by atoms with Crippen LogP contribution < -0.4 is 10.6 Å². The van der Waals surface area contributed by atoms with Crippen molar-refractivity contribution in [2.75, 3.05) is 18.0 Å². The lowest BCUT2D eigenvalue weighted by Crippen LogP contribution is -2.39. The Labute approximate surface area is 94.8 Å². The van der Waals surface area contributed by atoms with Crippen LogP contribution in [0.1, 0.15) is 12.8 Å². The molecule has 84 valence electrons. The quantitative estimate of drug-likeness (QED) is 0.795. The van der Waals surface area contributed by atoms with Crippen molar-refractivity contribution in [3.63, 3.8) is 0 Å². The molecule has 1 aliphatic rings. The van der Waals surface area contributed by atoms with Gasteiger partial charge >= 0.3 is 0 Å². The Bertz CT molecular complexity index is 483. The van der Waals surface area contributed by atoms with Crippen LogP contribution in [0.2, 0.25) is 0 Å². The van der Waals surface area contributed by atoms with Crippen molar-refractivity contribution in [2.24, 2.45) is 5.73 Å². The van der Waals surface area contributed by atoms with Gasteiger partial charge in [-0.2, -0.15) is 0 Å². The van der Waals surface area contributed by atoms with E-state index in [1.54, 1.807) is 6.26 Å². The molecule has 16 heavy (non-hydrogen) atoms. The van der Waals surface area contributed by atoms with E-state index >= 15 is 0 Å². The molecule has 3 nitrogen and oxygen atoms in total. The lowest BCUT2D eigenvalue weighted by molar-refractivity contribution is 0.499. The second-order valence-electron chi connectivity index (χ2n) is 4.44. The van der Waals surface area contributed by atoms with Gasteiger partial charge in [0.2, 0.25) is 0 Å². The number of benzene rings is 1. The van der Waals surface area contributed by atoms with Gasteiger partial charge in [0.25, 0.3) is 0 Å². The van der Waals surface area contributed by atoms with E-state index in [2.05, 4.69) is 23.1 Å². The first kappa shape index (κ1) is 9.73. The summed E-state index contributed by atoms with van der Waals surface area (Å²) in [6.45, 7) is 2.06. The monoisotopic (exact) mass is 216 g/mol. The lowest BCUT2D eigenvalue weighted by atomic mass is 10.1. The number of piperidine rings is 1. The van der Waals surface area contributed by atoms with Crippen LogP contribution in [0.4, 0.5) is 5.69 Å². The molecule has 0 unspecified atom stereocenters. The summed E-state index contributed by atoms with van der Waals surface area (Å²) >= 11 is 0. The zero-order chi connectivity index (χ0) is 11.0. The second-order valence-corrected chi connectivity index (χ2v) is 4.44. The predicted octanol–water partition coefficient (Wildman–Crippen LogP) is 2.36. The van der Waals surface area contributed by atoms with Crippen molar-refractivity contribution in [3.8, 4) is 0 Å². The molecule has 2 aromatic rings. The fraction of sp³-hybridized carbons (Fsp3) is 0.385. The van der Waals surface area contributed by atoms with Gasteiger partial charge in [-0.3, -0.25) is 0 Å². The van der Waals surface area contributed by atoms with Crippen LogP contribution in [0.3, 0.4) is 0 Å². The highest BCUT2D eigenvalue weighted by molar-refractivity contribution is 5.89. The van der Waals surface area contributed by atoms with E-state index in [4.69, 9.17) is 10.2 Å². The van der Waals surface area contributed by atoms with Crippen LogP contribution in [-0.4, -0.2) is 19.1 Å².